The van der Waals surface area contributed by atoms with Crippen LogP contribution in [0.3, 0.4) is 0 Å². The Kier molecular flexibility index (Phi) is 5.91. The minimum Gasteiger partial charge on any atom is -0.355 e. The monoisotopic (exact) mass is 394 g/mol. The smallest absolute Gasteiger partial charge is 0.274 e. The number of hydrogen-bond donors (Lipinski definition) is 3. The zero-order valence-electron chi connectivity index (χ0n) is 15.4. The van der Waals surface area contributed by atoms with Crippen LogP contribution in [0.1, 0.15) is 23.0 Å². The lowest BCUT2D eigenvalue weighted by atomic mass is 10.2. The summed E-state index contributed by atoms with van der Waals surface area (Å²) >= 11 is 6.00. The number of hydrogen-bond acceptors (Lipinski definition) is 4. The molecule has 28 heavy (non-hydrogen) atoms. The molecule has 0 radical (unpaired) electrons. The standard InChI is InChI=1S/C21H19ClN4O2/c1-13-6-7-15(22)10-19(13)26-21(28)20-12-18(8-9-23-20)25-17-5-3-4-16(11-17)24-14(2)27/h3-12H,1-2H3,(H,23,25)(H,24,27)(H,26,28). The highest BCUT2D eigenvalue weighted by Crippen LogP contribution is 2.23. The van der Waals surface area contributed by atoms with Gasteiger partial charge in [-0.15, -0.1) is 0 Å². The van der Waals surface area contributed by atoms with Crippen LogP contribution in [0.25, 0.3) is 0 Å². The number of carbonyl (C=O) groups is 2. The van der Waals surface area contributed by atoms with Crippen LogP contribution in [-0.2, 0) is 4.79 Å². The summed E-state index contributed by atoms with van der Waals surface area (Å²) < 4.78 is 0. The second kappa shape index (κ2) is 8.54. The lowest BCUT2D eigenvalue weighted by Gasteiger charge is -2.11. The van der Waals surface area contributed by atoms with Gasteiger partial charge < -0.3 is 16.0 Å². The largest absolute Gasteiger partial charge is 0.355 e. The first-order chi connectivity index (χ1) is 13.4. The van der Waals surface area contributed by atoms with Crippen LogP contribution >= 0.6 is 11.6 Å². The fourth-order valence-electron chi connectivity index (χ4n) is 2.59. The van der Waals surface area contributed by atoms with Crippen molar-refractivity contribution in [1.82, 2.24) is 4.98 Å². The Morgan fingerprint density at radius 1 is 0.929 bits per heavy atom. The fourth-order valence-corrected chi connectivity index (χ4v) is 2.76. The van der Waals surface area contributed by atoms with E-state index in [1.54, 1.807) is 42.6 Å². The number of anilines is 4. The molecule has 0 saturated heterocycles. The van der Waals surface area contributed by atoms with Gasteiger partial charge in [-0.2, -0.15) is 0 Å². The van der Waals surface area contributed by atoms with E-state index >= 15 is 0 Å². The molecule has 2 amide bonds. The van der Waals surface area contributed by atoms with Crippen molar-refractivity contribution in [2.45, 2.75) is 13.8 Å². The second-order valence-corrected chi connectivity index (χ2v) is 6.67. The molecule has 1 heterocycles. The molecule has 0 fully saturated rings. The average Bonchev–Trinajstić information content (AvgIpc) is 2.64. The number of rotatable bonds is 5. The van der Waals surface area contributed by atoms with Crippen LogP contribution in [0.15, 0.2) is 60.8 Å². The average molecular weight is 395 g/mol. The van der Waals surface area contributed by atoms with Crippen molar-refractivity contribution in [3.05, 3.63) is 77.1 Å². The number of aromatic nitrogens is 1. The van der Waals surface area contributed by atoms with Gasteiger partial charge in [0.2, 0.25) is 5.91 Å². The lowest BCUT2D eigenvalue weighted by Crippen LogP contribution is -2.14. The first kappa shape index (κ1) is 19.4. The third kappa shape index (κ3) is 5.08. The van der Waals surface area contributed by atoms with Gasteiger partial charge in [-0.3, -0.25) is 14.6 Å². The molecule has 3 rings (SSSR count). The van der Waals surface area contributed by atoms with Crippen LogP contribution in [0.5, 0.6) is 0 Å². The second-order valence-electron chi connectivity index (χ2n) is 6.23. The molecular formula is C21H19ClN4O2. The molecule has 0 unspecified atom stereocenters. The molecule has 1 aromatic heterocycles. The van der Waals surface area contributed by atoms with E-state index in [1.807, 2.05) is 25.1 Å². The van der Waals surface area contributed by atoms with Crippen molar-refractivity contribution >= 4 is 46.2 Å². The van der Waals surface area contributed by atoms with Gasteiger partial charge >= 0.3 is 0 Å². The third-order valence-electron chi connectivity index (χ3n) is 3.91. The minimum atomic E-state index is -0.332. The van der Waals surface area contributed by atoms with Crippen molar-refractivity contribution in [1.29, 1.82) is 0 Å². The molecule has 0 aliphatic heterocycles. The Bertz CT molecular complexity index is 1040. The zero-order chi connectivity index (χ0) is 20.1. The first-order valence-corrected chi connectivity index (χ1v) is 8.97. The van der Waals surface area contributed by atoms with Gasteiger partial charge in [0.05, 0.1) is 0 Å². The summed E-state index contributed by atoms with van der Waals surface area (Å²) in [7, 11) is 0. The Labute approximate surface area is 168 Å². The van der Waals surface area contributed by atoms with Gasteiger partial charge in [0.15, 0.2) is 0 Å². The highest BCUT2D eigenvalue weighted by molar-refractivity contribution is 6.31. The van der Waals surface area contributed by atoms with E-state index in [4.69, 9.17) is 11.6 Å². The van der Waals surface area contributed by atoms with Crippen molar-refractivity contribution in [3.8, 4) is 0 Å². The van der Waals surface area contributed by atoms with Gasteiger partial charge in [0.1, 0.15) is 5.69 Å². The summed E-state index contributed by atoms with van der Waals surface area (Å²) in [5.41, 5.74) is 3.96. The molecule has 142 valence electrons. The molecule has 2 aromatic carbocycles. The van der Waals surface area contributed by atoms with Crippen LogP contribution in [-0.4, -0.2) is 16.8 Å². The van der Waals surface area contributed by atoms with E-state index in [0.29, 0.717) is 22.1 Å². The number of pyridine rings is 1. The van der Waals surface area contributed by atoms with E-state index in [0.717, 1.165) is 11.3 Å². The van der Waals surface area contributed by atoms with E-state index < -0.39 is 0 Å². The molecule has 0 spiro atoms. The molecule has 0 saturated carbocycles. The van der Waals surface area contributed by atoms with Crippen LogP contribution in [0.4, 0.5) is 22.7 Å². The summed E-state index contributed by atoms with van der Waals surface area (Å²) in [6.07, 6.45) is 1.56. The topological polar surface area (TPSA) is 83.1 Å². The number of nitrogens with one attached hydrogen (secondary N) is 3. The summed E-state index contributed by atoms with van der Waals surface area (Å²) in [5.74, 6) is -0.475. The van der Waals surface area contributed by atoms with Gasteiger partial charge in [-0.1, -0.05) is 23.7 Å². The molecule has 3 N–H and O–H groups in total. The quantitative estimate of drug-likeness (QED) is 0.568. The highest BCUT2D eigenvalue weighted by Gasteiger charge is 2.11. The molecule has 3 aromatic rings. The van der Waals surface area contributed by atoms with Crippen molar-refractivity contribution in [2.75, 3.05) is 16.0 Å². The maximum atomic E-state index is 12.6. The molecule has 0 bridgehead atoms. The van der Waals surface area contributed by atoms with Crippen molar-refractivity contribution in [2.24, 2.45) is 0 Å². The Balaban J connectivity index is 1.76. The van der Waals surface area contributed by atoms with Crippen LogP contribution in [0.2, 0.25) is 5.02 Å². The van der Waals surface area contributed by atoms with E-state index in [2.05, 4.69) is 20.9 Å². The molecule has 0 aliphatic rings. The first-order valence-electron chi connectivity index (χ1n) is 8.59. The number of carbonyl (C=O) groups excluding carboxylic acids is 2. The number of halogens is 1. The SMILES string of the molecule is CC(=O)Nc1cccc(Nc2ccnc(C(=O)Nc3cc(Cl)ccc3C)c2)c1. The maximum Gasteiger partial charge on any atom is 0.274 e. The van der Waals surface area contributed by atoms with Gasteiger partial charge in [-0.05, 0) is 55.0 Å². The minimum absolute atomic E-state index is 0.142. The summed E-state index contributed by atoms with van der Waals surface area (Å²) in [5, 5.41) is 9.31. The van der Waals surface area contributed by atoms with Gasteiger partial charge in [0, 0.05) is 40.9 Å². The molecule has 0 aliphatic carbocycles. The van der Waals surface area contributed by atoms with E-state index in [-0.39, 0.29) is 17.5 Å². The summed E-state index contributed by atoms with van der Waals surface area (Å²) in [4.78, 5) is 27.9. The normalized spacial score (nSPS) is 10.2. The molecular weight excluding hydrogens is 376 g/mol. The third-order valence-corrected chi connectivity index (χ3v) is 4.15. The number of benzene rings is 2. The van der Waals surface area contributed by atoms with Crippen LogP contribution in [0, 0.1) is 6.92 Å². The van der Waals surface area contributed by atoms with Gasteiger partial charge in [0.25, 0.3) is 5.91 Å². The molecule has 6 nitrogen and oxygen atoms in total. The number of nitrogens with zero attached hydrogens (tertiary/aromatic N) is 1. The Hall–Kier alpha value is -3.38. The lowest BCUT2D eigenvalue weighted by molar-refractivity contribution is -0.114. The van der Waals surface area contributed by atoms with Crippen LogP contribution < -0.4 is 16.0 Å². The molecule has 7 heteroatoms. The zero-order valence-corrected chi connectivity index (χ0v) is 16.2. The van der Waals surface area contributed by atoms with Crippen molar-refractivity contribution < 1.29 is 9.59 Å². The van der Waals surface area contributed by atoms with Gasteiger partial charge in [-0.25, -0.2) is 0 Å². The number of amides is 2. The summed E-state index contributed by atoms with van der Waals surface area (Å²) in [6.45, 7) is 3.34. The number of aryl methyl sites for hydroxylation is 1. The predicted octanol–water partition coefficient (Wildman–Crippen LogP) is 5.00. The van der Waals surface area contributed by atoms with E-state index in [1.165, 1.54) is 6.92 Å². The summed E-state index contributed by atoms with van der Waals surface area (Å²) in [6, 6.07) is 16.0. The van der Waals surface area contributed by atoms with E-state index in [9.17, 15) is 9.59 Å². The maximum absolute atomic E-state index is 12.6. The Morgan fingerprint density at radius 2 is 1.68 bits per heavy atom. The Morgan fingerprint density at radius 3 is 2.46 bits per heavy atom. The fraction of sp³-hybridized carbons (Fsp3) is 0.0952. The molecule has 0 atom stereocenters. The predicted molar refractivity (Wildman–Crippen MR) is 112 cm³/mol. The highest BCUT2D eigenvalue weighted by atomic mass is 35.5. The van der Waals surface area contributed by atoms with Crippen molar-refractivity contribution in [3.63, 3.8) is 0 Å².